The summed E-state index contributed by atoms with van der Waals surface area (Å²) in [6.07, 6.45) is -0.263. The summed E-state index contributed by atoms with van der Waals surface area (Å²) in [4.78, 5) is 26.9. The van der Waals surface area contributed by atoms with Crippen molar-refractivity contribution >= 4 is 17.7 Å². The molecule has 1 aromatic carbocycles. The lowest BCUT2D eigenvalue weighted by atomic mass is 10.1. The maximum absolute atomic E-state index is 12.0. The molecule has 134 valence electrons. The van der Waals surface area contributed by atoms with E-state index in [0.717, 1.165) is 5.56 Å². The van der Waals surface area contributed by atoms with Crippen LogP contribution >= 0.6 is 0 Å². The van der Waals surface area contributed by atoms with Gasteiger partial charge in [-0.15, -0.1) is 0 Å². The highest BCUT2D eigenvalue weighted by molar-refractivity contribution is 5.95. The van der Waals surface area contributed by atoms with Gasteiger partial charge in [0.05, 0.1) is 23.5 Å². The van der Waals surface area contributed by atoms with Gasteiger partial charge in [-0.1, -0.05) is 6.92 Å². The lowest BCUT2D eigenvalue weighted by Gasteiger charge is -2.14. The van der Waals surface area contributed by atoms with Gasteiger partial charge < -0.3 is 20.5 Å². The number of nitriles is 1. The number of carbonyl (C=O) groups excluding carboxylic acids is 2. The number of primary amides is 1. The molecule has 0 saturated heterocycles. The van der Waals surface area contributed by atoms with Gasteiger partial charge in [0.1, 0.15) is 5.75 Å². The summed E-state index contributed by atoms with van der Waals surface area (Å²) in [5.74, 6) is 0.412. The molecule has 2 rings (SSSR count). The number of pyridine rings is 1. The van der Waals surface area contributed by atoms with Crippen molar-refractivity contribution in [3.05, 3.63) is 47.7 Å². The number of aryl methyl sites for hydroxylation is 1. The number of nitrogens with one attached hydrogen (secondary N) is 1. The minimum absolute atomic E-state index is 0.293. The van der Waals surface area contributed by atoms with Crippen LogP contribution in [0.2, 0.25) is 0 Å². The number of anilines is 1. The minimum Gasteiger partial charge on any atom is -0.439 e. The maximum Gasteiger partial charge on any atom is 0.405 e. The smallest absolute Gasteiger partial charge is 0.405 e. The van der Waals surface area contributed by atoms with Crippen LogP contribution in [-0.4, -0.2) is 23.1 Å². The normalized spacial score (nSPS) is 11.1. The number of rotatable bonds is 6. The minimum atomic E-state index is -1.01. The number of hydrogen-bond donors (Lipinski definition) is 2. The Morgan fingerprint density at radius 3 is 2.65 bits per heavy atom. The van der Waals surface area contributed by atoms with Crippen LogP contribution in [0.4, 0.5) is 10.5 Å². The highest BCUT2D eigenvalue weighted by Crippen LogP contribution is 2.25. The molecule has 0 unspecified atom stereocenters. The van der Waals surface area contributed by atoms with Crippen molar-refractivity contribution in [3.63, 3.8) is 0 Å². The lowest BCUT2D eigenvalue weighted by molar-refractivity contribution is -0.124. The standard InChI is InChI=1S/C18H18N4O4/c1-3-14(26-18(20)24)17(23)22-13-5-7-16(21-10-13)25-15-6-4-12(9-19)8-11(15)2/h4-8,10,14H,3H2,1-2H3,(H2,20,24)(H,22,23)/t14-/m1/s1. The molecule has 0 aliphatic heterocycles. The summed E-state index contributed by atoms with van der Waals surface area (Å²) in [5.41, 5.74) is 6.71. The Kier molecular flexibility index (Phi) is 6.11. The molecule has 26 heavy (non-hydrogen) atoms. The lowest BCUT2D eigenvalue weighted by Crippen LogP contribution is -2.33. The van der Waals surface area contributed by atoms with Gasteiger partial charge in [0.15, 0.2) is 6.10 Å². The van der Waals surface area contributed by atoms with Gasteiger partial charge >= 0.3 is 6.09 Å². The number of nitrogens with two attached hydrogens (primary N) is 1. The van der Waals surface area contributed by atoms with Crippen LogP contribution in [0.15, 0.2) is 36.5 Å². The Balaban J connectivity index is 2.03. The second kappa shape index (κ2) is 8.48. The Morgan fingerprint density at radius 1 is 1.35 bits per heavy atom. The van der Waals surface area contributed by atoms with E-state index in [1.165, 1.54) is 6.20 Å². The number of hydrogen-bond acceptors (Lipinski definition) is 6. The van der Waals surface area contributed by atoms with Crippen molar-refractivity contribution in [3.8, 4) is 17.7 Å². The van der Waals surface area contributed by atoms with Crippen LogP contribution in [0.25, 0.3) is 0 Å². The highest BCUT2D eigenvalue weighted by atomic mass is 16.6. The van der Waals surface area contributed by atoms with Crippen LogP contribution < -0.4 is 15.8 Å². The van der Waals surface area contributed by atoms with Gasteiger partial charge in [-0.25, -0.2) is 9.78 Å². The van der Waals surface area contributed by atoms with Gasteiger partial charge in [0.2, 0.25) is 5.88 Å². The number of nitrogens with zero attached hydrogens (tertiary/aromatic N) is 2. The van der Waals surface area contributed by atoms with Crippen LogP contribution in [-0.2, 0) is 9.53 Å². The van der Waals surface area contributed by atoms with Crippen molar-refractivity contribution in [2.75, 3.05) is 5.32 Å². The first kappa shape index (κ1) is 18.7. The van der Waals surface area contributed by atoms with Crippen molar-refractivity contribution in [1.29, 1.82) is 5.26 Å². The van der Waals surface area contributed by atoms with Gasteiger partial charge in [-0.05, 0) is 43.2 Å². The van der Waals surface area contributed by atoms with Gasteiger partial charge in [-0.2, -0.15) is 5.26 Å². The van der Waals surface area contributed by atoms with Crippen molar-refractivity contribution in [2.24, 2.45) is 5.73 Å². The molecule has 1 heterocycles. The molecule has 2 amide bonds. The van der Waals surface area contributed by atoms with E-state index in [1.807, 2.05) is 6.92 Å². The van der Waals surface area contributed by atoms with Crippen molar-refractivity contribution in [2.45, 2.75) is 26.4 Å². The first-order valence-electron chi connectivity index (χ1n) is 7.84. The van der Waals surface area contributed by atoms with E-state index in [2.05, 4.69) is 16.4 Å². The predicted octanol–water partition coefficient (Wildman–Crippen LogP) is 2.87. The van der Waals surface area contributed by atoms with E-state index in [4.69, 9.17) is 20.5 Å². The Bertz CT molecular complexity index is 843. The van der Waals surface area contributed by atoms with E-state index in [9.17, 15) is 9.59 Å². The van der Waals surface area contributed by atoms with Crippen LogP contribution in [0.5, 0.6) is 11.6 Å². The molecule has 1 aromatic heterocycles. The van der Waals surface area contributed by atoms with Gasteiger partial charge in [0, 0.05) is 6.07 Å². The molecule has 0 saturated carbocycles. The number of benzene rings is 1. The van der Waals surface area contributed by atoms with Crippen molar-refractivity contribution < 1.29 is 19.1 Å². The fraction of sp³-hybridized carbons (Fsp3) is 0.222. The molecule has 8 heteroatoms. The van der Waals surface area contributed by atoms with E-state index in [0.29, 0.717) is 29.3 Å². The molecule has 0 bridgehead atoms. The average Bonchev–Trinajstić information content (AvgIpc) is 2.62. The molecular weight excluding hydrogens is 336 g/mol. The van der Waals surface area contributed by atoms with Crippen LogP contribution in [0, 0.1) is 18.3 Å². The molecule has 0 spiro atoms. The molecular formula is C18H18N4O4. The molecule has 0 fully saturated rings. The van der Waals surface area contributed by atoms with E-state index < -0.39 is 18.1 Å². The summed E-state index contributed by atoms with van der Waals surface area (Å²) in [6.45, 7) is 3.52. The maximum atomic E-state index is 12.0. The van der Waals surface area contributed by atoms with Crippen LogP contribution in [0.3, 0.4) is 0 Å². The SMILES string of the molecule is CC[C@@H](OC(N)=O)C(=O)Nc1ccc(Oc2ccc(C#N)cc2C)nc1. The number of aromatic nitrogens is 1. The number of ether oxygens (including phenoxy) is 2. The van der Waals surface area contributed by atoms with E-state index in [1.54, 1.807) is 37.3 Å². The summed E-state index contributed by atoms with van der Waals surface area (Å²) in [5, 5.41) is 11.5. The fourth-order valence-electron chi connectivity index (χ4n) is 2.15. The third-order valence-corrected chi connectivity index (χ3v) is 3.44. The molecule has 2 aromatic rings. The third kappa shape index (κ3) is 4.95. The molecule has 0 aliphatic carbocycles. The van der Waals surface area contributed by atoms with E-state index in [-0.39, 0.29) is 0 Å². The highest BCUT2D eigenvalue weighted by Gasteiger charge is 2.20. The second-order valence-corrected chi connectivity index (χ2v) is 5.40. The summed E-state index contributed by atoms with van der Waals surface area (Å²) >= 11 is 0. The topological polar surface area (TPSA) is 127 Å². The zero-order valence-electron chi connectivity index (χ0n) is 14.4. The molecule has 0 radical (unpaired) electrons. The number of amides is 2. The summed E-state index contributed by atoms with van der Waals surface area (Å²) in [6, 6.07) is 10.3. The van der Waals surface area contributed by atoms with Gasteiger partial charge in [-0.3, -0.25) is 4.79 Å². The predicted molar refractivity (Wildman–Crippen MR) is 93.6 cm³/mol. The largest absolute Gasteiger partial charge is 0.439 e. The Labute approximate surface area is 150 Å². The average molecular weight is 354 g/mol. The van der Waals surface area contributed by atoms with Crippen molar-refractivity contribution in [1.82, 2.24) is 4.98 Å². The molecule has 3 N–H and O–H groups in total. The fourth-order valence-corrected chi connectivity index (χ4v) is 2.15. The summed E-state index contributed by atoms with van der Waals surface area (Å²) in [7, 11) is 0. The third-order valence-electron chi connectivity index (χ3n) is 3.44. The Hall–Kier alpha value is -3.60. The first-order chi connectivity index (χ1) is 12.4. The Morgan fingerprint density at radius 2 is 2.12 bits per heavy atom. The molecule has 8 nitrogen and oxygen atoms in total. The second-order valence-electron chi connectivity index (χ2n) is 5.40. The molecule has 1 atom stereocenters. The molecule has 0 aliphatic rings. The quantitative estimate of drug-likeness (QED) is 0.821. The zero-order valence-corrected chi connectivity index (χ0v) is 14.4. The van der Waals surface area contributed by atoms with E-state index >= 15 is 0 Å². The monoisotopic (exact) mass is 354 g/mol. The zero-order chi connectivity index (χ0) is 19.1. The van der Waals surface area contributed by atoms with Crippen LogP contribution in [0.1, 0.15) is 24.5 Å². The number of carbonyl (C=O) groups is 2. The first-order valence-corrected chi connectivity index (χ1v) is 7.84. The van der Waals surface area contributed by atoms with Gasteiger partial charge in [0.25, 0.3) is 5.91 Å². The summed E-state index contributed by atoms with van der Waals surface area (Å²) < 4.78 is 10.4.